The van der Waals surface area contributed by atoms with Gasteiger partial charge in [0.2, 0.25) is 0 Å². The second-order valence-electron chi connectivity index (χ2n) is 3.35. The summed E-state index contributed by atoms with van der Waals surface area (Å²) >= 11 is 2.02. The molecule has 1 aliphatic rings. The molecule has 0 amide bonds. The number of anilines is 2. The fourth-order valence-corrected chi connectivity index (χ4v) is 2.69. The number of aromatic nitrogens is 2. The van der Waals surface area contributed by atoms with Crippen molar-refractivity contribution < 1.29 is 0 Å². The Morgan fingerprint density at radius 2 is 2.50 bits per heavy atom. The van der Waals surface area contributed by atoms with Crippen molar-refractivity contribution in [2.45, 2.75) is 18.1 Å². The number of nitrogens with two attached hydrogens (primary N) is 1. The van der Waals surface area contributed by atoms with Gasteiger partial charge in [0.15, 0.2) is 0 Å². The van der Waals surface area contributed by atoms with Crippen LogP contribution in [0.15, 0.2) is 12.4 Å². The van der Waals surface area contributed by atoms with Crippen molar-refractivity contribution in [3.63, 3.8) is 0 Å². The van der Waals surface area contributed by atoms with Gasteiger partial charge in [-0.3, -0.25) is 4.98 Å². The first-order chi connectivity index (χ1) is 6.84. The van der Waals surface area contributed by atoms with E-state index in [1.165, 1.54) is 18.6 Å². The Hall–Kier alpha value is -0.970. The lowest BCUT2D eigenvalue weighted by atomic mass is 10.2. The molecule has 0 aromatic carbocycles. The van der Waals surface area contributed by atoms with Crippen molar-refractivity contribution in [3.05, 3.63) is 12.4 Å². The van der Waals surface area contributed by atoms with E-state index in [4.69, 9.17) is 5.73 Å². The first-order valence-corrected chi connectivity index (χ1v) is 5.82. The molecule has 3 N–H and O–H groups in total. The SMILES string of the molecule is Nc1cncc(NCC2CCCS2)n1. The minimum atomic E-state index is 0.467. The van der Waals surface area contributed by atoms with Crippen molar-refractivity contribution in [2.75, 3.05) is 23.3 Å². The van der Waals surface area contributed by atoms with Crippen LogP contribution in [0.3, 0.4) is 0 Å². The van der Waals surface area contributed by atoms with Gasteiger partial charge in [-0.25, -0.2) is 4.98 Å². The lowest BCUT2D eigenvalue weighted by Gasteiger charge is -2.10. The molecule has 0 bridgehead atoms. The summed E-state index contributed by atoms with van der Waals surface area (Å²) < 4.78 is 0. The highest BCUT2D eigenvalue weighted by atomic mass is 32.2. The smallest absolute Gasteiger partial charge is 0.146 e. The molecule has 1 unspecified atom stereocenters. The third-order valence-electron chi connectivity index (χ3n) is 2.19. The van der Waals surface area contributed by atoms with Crippen molar-refractivity contribution in [2.24, 2.45) is 0 Å². The Morgan fingerprint density at radius 1 is 1.57 bits per heavy atom. The van der Waals surface area contributed by atoms with Crippen molar-refractivity contribution in [1.29, 1.82) is 0 Å². The normalized spacial score (nSPS) is 21.0. The van der Waals surface area contributed by atoms with Gasteiger partial charge < -0.3 is 11.1 Å². The molecule has 76 valence electrons. The van der Waals surface area contributed by atoms with Gasteiger partial charge in [0.05, 0.1) is 12.4 Å². The minimum Gasteiger partial charge on any atom is -0.382 e. The van der Waals surface area contributed by atoms with Crippen molar-refractivity contribution in [3.8, 4) is 0 Å². The summed E-state index contributed by atoms with van der Waals surface area (Å²) in [6.07, 6.45) is 5.89. The molecule has 0 saturated carbocycles. The summed E-state index contributed by atoms with van der Waals surface area (Å²) in [5.41, 5.74) is 5.52. The second kappa shape index (κ2) is 4.50. The summed E-state index contributed by atoms with van der Waals surface area (Å²) in [5.74, 6) is 2.53. The molecule has 1 atom stereocenters. The second-order valence-corrected chi connectivity index (χ2v) is 4.75. The molecular weight excluding hydrogens is 196 g/mol. The number of hydrogen-bond acceptors (Lipinski definition) is 5. The van der Waals surface area contributed by atoms with Crippen molar-refractivity contribution >= 4 is 23.4 Å². The van der Waals surface area contributed by atoms with Crippen LogP contribution in [0.4, 0.5) is 11.6 Å². The number of thioether (sulfide) groups is 1. The molecule has 4 nitrogen and oxygen atoms in total. The number of nitrogens with zero attached hydrogens (tertiary/aromatic N) is 2. The van der Waals surface area contributed by atoms with Crippen LogP contribution in [0.25, 0.3) is 0 Å². The summed E-state index contributed by atoms with van der Waals surface area (Å²) in [6, 6.07) is 0. The van der Waals surface area contributed by atoms with Crippen LogP contribution in [0.2, 0.25) is 0 Å². The Bertz CT molecular complexity index is 299. The van der Waals surface area contributed by atoms with Gasteiger partial charge >= 0.3 is 0 Å². The van der Waals surface area contributed by atoms with Crippen molar-refractivity contribution in [1.82, 2.24) is 9.97 Å². The highest BCUT2D eigenvalue weighted by Gasteiger charge is 2.14. The molecule has 1 aromatic heterocycles. The van der Waals surface area contributed by atoms with E-state index in [-0.39, 0.29) is 0 Å². The molecular formula is C9H14N4S. The van der Waals surface area contributed by atoms with Gasteiger partial charge in [-0.05, 0) is 18.6 Å². The van der Waals surface area contributed by atoms with E-state index in [0.29, 0.717) is 5.82 Å². The van der Waals surface area contributed by atoms with Gasteiger partial charge in [-0.15, -0.1) is 0 Å². The summed E-state index contributed by atoms with van der Waals surface area (Å²) in [7, 11) is 0. The Labute approximate surface area is 87.7 Å². The summed E-state index contributed by atoms with van der Waals surface area (Å²) in [5, 5.41) is 3.97. The van der Waals surface area contributed by atoms with Crippen LogP contribution >= 0.6 is 11.8 Å². The van der Waals surface area contributed by atoms with Gasteiger partial charge in [-0.2, -0.15) is 11.8 Å². The minimum absolute atomic E-state index is 0.467. The Balaban J connectivity index is 1.85. The third-order valence-corrected chi connectivity index (χ3v) is 3.59. The molecule has 0 aliphatic carbocycles. The van der Waals surface area contributed by atoms with E-state index in [1.54, 1.807) is 12.4 Å². The average molecular weight is 210 g/mol. The van der Waals surface area contributed by atoms with Crippen LogP contribution < -0.4 is 11.1 Å². The average Bonchev–Trinajstić information content (AvgIpc) is 2.67. The third kappa shape index (κ3) is 2.51. The molecule has 0 spiro atoms. The molecule has 0 radical (unpaired) electrons. The van der Waals surface area contributed by atoms with E-state index in [2.05, 4.69) is 15.3 Å². The molecule has 2 rings (SSSR count). The molecule has 1 fully saturated rings. The summed E-state index contributed by atoms with van der Waals surface area (Å²) in [4.78, 5) is 8.10. The molecule has 2 heterocycles. The first kappa shape index (κ1) is 9.58. The van der Waals surface area contributed by atoms with Crippen LogP contribution in [-0.4, -0.2) is 27.5 Å². The van der Waals surface area contributed by atoms with Gasteiger partial charge in [0.25, 0.3) is 0 Å². The number of hydrogen-bond donors (Lipinski definition) is 2. The fourth-order valence-electron chi connectivity index (χ4n) is 1.49. The predicted molar refractivity (Wildman–Crippen MR) is 60.4 cm³/mol. The van der Waals surface area contributed by atoms with Crippen LogP contribution in [0, 0.1) is 0 Å². The maximum Gasteiger partial charge on any atom is 0.146 e. The van der Waals surface area contributed by atoms with Gasteiger partial charge in [0, 0.05) is 11.8 Å². The van der Waals surface area contributed by atoms with Crippen LogP contribution in [-0.2, 0) is 0 Å². The molecule has 1 aliphatic heterocycles. The van der Waals surface area contributed by atoms with E-state index >= 15 is 0 Å². The quantitative estimate of drug-likeness (QED) is 0.788. The molecule has 1 aromatic rings. The standard InChI is InChI=1S/C9H14N4S/c10-8-5-11-6-9(13-8)12-4-7-2-1-3-14-7/h5-7H,1-4H2,(H3,10,12,13). The molecule has 5 heteroatoms. The topological polar surface area (TPSA) is 63.8 Å². The monoisotopic (exact) mass is 210 g/mol. The van der Waals surface area contributed by atoms with E-state index in [1.807, 2.05) is 11.8 Å². The fraction of sp³-hybridized carbons (Fsp3) is 0.556. The molecule has 1 saturated heterocycles. The van der Waals surface area contributed by atoms with E-state index in [0.717, 1.165) is 17.6 Å². The van der Waals surface area contributed by atoms with Gasteiger partial charge in [0.1, 0.15) is 11.6 Å². The molecule has 14 heavy (non-hydrogen) atoms. The lowest BCUT2D eigenvalue weighted by molar-refractivity contribution is 0.803. The first-order valence-electron chi connectivity index (χ1n) is 4.77. The number of nitrogen functional groups attached to an aromatic ring is 1. The predicted octanol–water partition coefficient (Wildman–Crippen LogP) is 1.37. The zero-order valence-corrected chi connectivity index (χ0v) is 8.76. The zero-order valence-electron chi connectivity index (χ0n) is 7.94. The van der Waals surface area contributed by atoms with E-state index in [9.17, 15) is 0 Å². The Morgan fingerprint density at radius 3 is 3.21 bits per heavy atom. The van der Waals surface area contributed by atoms with Crippen LogP contribution in [0.1, 0.15) is 12.8 Å². The largest absolute Gasteiger partial charge is 0.382 e. The Kier molecular flexibility index (Phi) is 3.08. The number of nitrogens with one attached hydrogen (secondary N) is 1. The van der Waals surface area contributed by atoms with E-state index < -0.39 is 0 Å². The highest BCUT2D eigenvalue weighted by Crippen LogP contribution is 2.25. The van der Waals surface area contributed by atoms with Crippen LogP contribution in [0.5, 0.6) is 0 Å². The maximum atomic E-state index is 5.52. The lowest BCUT2D eigenvalue weighted by Crippen LogP contribution is -2.14. The highest BCUT2D eigenvalue weighted by molar-refractivity contribution is 8.00. The zero-order chi connectivity index (χ0) is 9.80. The number of rotatable bonds is 3. The summed E-state index contributed by atoms with van der Waals surface area (Å²) in [6.45, 7) is 0.961. The van der Waals surface area contributed by atoms with Gasteiger partial charge in [-0.1, -0.05) is 0 Å². The maximum absolute atomic E-state index is 5.52.